The number of aryl methyl sites for hydroxylation is 2. The summed E-state index contributed by atoms with van der Waals surface area (Å²) in [5.74, 6) is 0.485. The largest absolute Gasteiger partial charge is 0.508 e. The van der Waals surface area contributed by atoms with Crippen molar-refractivity contribution in [2.75, 3.05) is 0 Å². The molecule has 0 bridgehead atoms. The minimum Gasteiger partial charge on any atom is -0.508 e. The average molecular weight is 326 g/mol. The lowest BCUT2D eigenvalue weighted by Crippen LogP contribution is -2.10. The first-order valence-corrected chi connectivity index (χ1v) is 8.77. The highest BCUT2D eigenvalue weighted by atomic mass is 16.5. The fourth-order valence-electron chi connectivity index (χ4n) is 2.62. The number of rotatable bonds is 8. The van der Waals surface area contributed by atoms with E-state index in [1.165, 1.54) is 0 Å². The number of para-hydroxylation sites is 1. The molecule has 0 amide bonds. The molecule has 2 aromatic carbocycles. The summed E-state index contributed by atoms with van der Waals surface area (Å²) in [5.41, 5.74) is 2.33. The van der Waals surface area contributed by atoms with Crippen molar-refractivity contribution in [3.63, 3.8) is 0 Å². The van der Waals surface area contributed by atoms with Gasteiger partial charge >= 0.3 is 5.97 Å². The zero-order valence-corrected chi connectivity index (χ0v) is 14.5. The Morgan fingerprint density at radius 2 is 1.62 bits per heavy atom. The highest BCUT2D eigenvalue weighted by molar-refractivity contribution is 5.91. The molecule has 0 atom stereocenters. The van der Waals surface area contributed by atoms with Gasteiger partial charge in [-0.2, -0.15) is 0 Å². The van der Waals surface area contributed by atoms with E-state index in [1.807, 2.05) is 24.3 Å². The summed E-state index contributed by atoms with van der Waals surface area (Å²) < 4.78 is 5.61. The van der Waals surface area contributed by atoms with Gasteiger partial charge in [0.25, 0.3) is 0 Å². The van der Waals surface area contributed by atoms with Gasteiger partial charge in [-0.25, -0.2) is 4.79 Å². The van der Waals surface area contributed by atoms with E-state index >= 15 is 0 Å². The van der Waals surface area contributed by atoms with Crippen LogP contribution in [0.5, 0.6) is 11.5 Å². The second-order valence-electron chi connectivity index (χ2n) is 6.05. The average Bonchev–Trinajstić information content (AvgIpc) is 2.60. The van der Waals surface area contributed by atoms with Gasteiger partial charge in [0.05, 0.1) is 5.56 Å². The zero-order valence-electron chi connectivity index (χ0n) is 14.5. The third-order valence-corrected chi connectivity index (χ3v) is 4.09. The lowest BCUT2D eigenvalue weighted by Gasteiger charge is -2.11. The first kappa shape index (κ1) is 18.1. The van der Waals surface area contributed by atoms with Crippen molar-refractivity contribution in [3.05, 3.63) is 59.2 Å². The quantitative estimate of drug-likeness (QED) is 0.529. The normalized spacial score (nSPS) is 10.6. The fraction of sp³-hybridized carbons (Fsp3) is 0.381. The maximum Gasteiger partial charge on any atom is 0.343 e. The van der Waals surface area contributed by atoms with Crippen LogP contribution in [-0.4, -0.2) is 11.1 Å². The third kappa shape index (κ3) is 4.85. The maximum atomic E-state index is 12.5. The number of hydrogen-bond acceptors (Lipinski definition) is 3. The van der Waals surface area contributed by atoms with Gasteiger partial charge in [-0.15, -0.1) is 0 Å². The van der Waals surface area contributed by atoms with Crippen molar-refractivity contribution in [1.29, 1.82) is 0 Å². The molecule has 0 fully saturated rings. The van der Waals surface area contributed by atoms with Crippen molar-refractivity contribution < 1.29 is 14.6 Å². The molecule has 0 spiro atoms. The van der Waals surface area contributed by atoms with Gasteiger partial charge in [0, 0.05) is 0 Å². The second-order valence-corrected chi connectivity index (χ2v) is 6.05. The molecule has 24 heavy (non-hydrogen) atoms. The summed E-state index contributed by atoms with van der Waals surface area (Å²) in [6.07, 6.45) is 5.84. The van der Waals surface area contributed by atoms with Crippen LogP contribution >= 0.6 is 0 Å². The van der Waals surface area contributed by atoms with E-state index < -0.39 is 0 Å². The number of phenolic OH excluding ortho intramolecular Hbond substituents is 1. The molecule has 0 saturated heterocycles. The van der Waals surface area contributed by atoms with E-state index in [1.54, 1.807) is 18.2 Å². The van der Waals surface area contributed by atoms with Crippen LogP contribution in [0.25, 0.3) is 0 Å². The molecular formula is C21H26O3. The molecule has 2 aromatic rings. The van der Waals surface area contributed by atoms with E-state index in [0.717, 1.165) is 49.7 Å². The Bertz CT molecular complexity index is 677. The van der Waals surface area contributed by atoms with Crippen LogP contribution in [-0.2, 0) is 12.8 Å². The Morgan fingerprint density at radius 1 is 0.958 bits per heavy atom. The number of benzene rings is 2. The first-order valence-electron chi connectivity index (χ1n) is 8.77. The van der Waals surface area contributed by atoms with E-state index in [2.05, 4.69) is 13.8 Å². The van der Waals surface area contributed by atoms with Crippen LogP contribution in [0.2, 0.25) is 0 Å². The molecule has 3 nitrogen and oxygen atoms in total. The third-order valence-electron chi connectivity index (χ3n) is 4.09. The van der Waals surface area contributed by atoms with Crippen LogP contribution in [0.15, 0.2) is 42.5 Å². The van der Waals surface area contributed by atoms with Crippen LogP contribution in [0, 0.1) is 0 Å². The molecule has 128 valence electrons. The SMILES string of the molecule is CCCCc1cc(C(=O)Oc2ccccc2CCCC)ccc1O. The van der Waals surface area contributed by atoms with Crippen molar-refractivity contribution >= 4 is 5.97 Å². The van der Waals surface area contributed by atoms with Gasteiger partial charge in [0.2, 0.25) is 0 Å². The topological polar surface area (TPSA) is 46.5 Å². The van der Waals surface area contributed by atoms with Gasteiger partial charge < -0.3 is 9.84 Å². The molecule has 0 aliphatic carbocycles. The smallest absolute Gasteiger partial charge is 0.343 e. The maximum absolute atomic E-state index is 12.5. The Morgan fingerprint density at radius 3 is 2.33 bits per heavy atom. The van der Waals surface area contributed by atoms with E-state index in [9.17, 15) is 9.90 Å². The molecule has 0 unspecified atom stereocenters. The molecule has 1 N–H and O–H groups in total. The van der Waals surface area contributed by atoms with Gasteiger partial charge in [0.1, 0.15) is 11.5 Å². The van der Waals surface area contributed by atoms with Crippen LogP contribution < -0.4 is 4.74 Å². The molecule has 2 rings (SSSR count). The van der Waals surface area contributed by atoms with Crippen molar-refractivity contribution in [2.24, 2.45) is 0 Å². The minimum absolute atomic E-state index is 0.239. The van der Waals surface area contributed by atoms with E-state index in [0.29, 0.717) is 11.3 Å². The number of ether oxygens (including phenoxy) is 1. The highest BCUT2D eigenvalue weighted by Crippen LogP contribution is 2.24. The van der Waals surface area contributed by atoms with Crippen molar-refractivity contribution in [1.82, 2.24) is 0 Å². The van der Waals surface area contributed by atoms with Crippen LogP contribution in [0.4, 0.5) is 0 Å². The molecule has 0 radical (unpaired) electrons. The van der Waals surface area contributed by atoms with Gasteiger partial charge in [-0.1, -0.05) is 44.9 Å². The number of aromatic hydroxyl groups is 1. The van der Waals surface area contributed by atoms with Crippen LogP contribution in [0.1, 0.15) is 61.0 Å². The summed E-state index contributed by atoms with van der Waals surface area (Å²) in [4.78, 5) is 12.5. The Balaban J connectivity index is 2.15. The molecule has 0 aliphatic heterocycles. The lowest BCUT2D eigenvalue weighted by molar-refractivity contribution is 0.0733. The molecular weight excluding hydrogens is 300 g/mol. The Kier molecular flexibility index (Phi) is 6.86. The monoisotopic (exact) mass is 326 g/mol. The predicted octanol–water partition coefficient (Wildman–Crippen LogP) is 5.30. The van der Waals surface area contributed by atoms with E-state index in [4.69, 9.17) is 4.74 Å². The Hall–Kier alpha value is -2.29. The molecule has 3 heteroatoms. The Labute approximate surface area is 144 Å². The molecule has 0 aliphatic rings. The number of esters is 1. The number of unbranched alkanes of at least 4 members (excludes halogenated alkanes) is 2. The fourth-order valence-corrected chi connectivity index (χ4v) is 2.62. The van der Waals surface area contributed by atoms with Crippen molar-refractivity contribution in [2.45, 2.75) is 52.4 Å². The van der Waals surface area contributed by atoms with Gasteiger partial charge in [0.15, 0.2) is 0 Å². The highest BCUT2D eigenvalue weighted by Gasteiger charge is 2.13. The first-order chi connectivity index (χ1) is 11.7. The van der Waals surface area contributed by atoms with Crippen LogP contribution in [0.3, 0.4) is 0 Å². The van der Waals surface area contributed by atoms with E-state index in [-0.39, 0.29) is 11.7 Å². The summed E-state index contributed by atoms with van der Waals surface area (Å²) >= 11 is 0. The molecule has 0 saturated carbocycles. The summed E-state index contributed by atoms with van der Waals surface area (Å²) in [6.45, 7) is 4.24. The number of carbonyl (C=O) groups excluding carboxylic acids is 1. The zero-order chi connectivity index (χ0) is 17.4. The minimum atomic E-state index is -0.378. The molecule has 0 heterocycles. The van der Waals surface area contributed by atoms with Gasteiger partial charge in [-0.05, 0) is 61.1 Å². The summed E-state index contributed by atoms with van der Waals surface area (Å²) in [7, 11) is 0. The number of carbonyl (C=O) groups is 1. The van der Waals surface area contributed by atoms with Gasteiger partial charge in [-0.3, -0.25) is 0 Å². The standard InChI is InChI=1S/C21H26O3/c1-3-5-9-16-11-7-8-12-20(16)24-21(23)18-13-14-19(22)17(15-18)10-6-4-2/h7-8,11-15,22H,3-6,9-10H2,1-2H3. The lowest BCUT2D eigenvalue weighted by atomic mass is 10.0. The molecule has 0 aromatic heterocycles. The predicted molar refractivity (Wildman–Crippen MR) is 96.7 cm³/mol. The second kappa shape index (κ2) is 9.11. The van der Waals surface area contributed by atoms with Crippen molar-refractivity contribution in [3.8, 4) is 11.5 Å². The summed E-state index contributed by atoms with van der Waals surface area (Å²) in [5, 5.41) is 9.92. The number of hydrogen-bond donors (Lipinski definition) is 1. The summed E-state index contributed by atoms with van der Waals surface area (Å²) in [6, 6.07) is 12.6. The number of phenols is 1.